The molecule has 2 unspecified atom stereocenters. The van der Waals surface area contributed by atoms with Crippen LogP contribution in [0.1, 0.15) is 39.0 Å². The van der Waals surface area contributed by atoms with E-state index in [0.717, 1.165) is 32.1 Å². The van der Waals surface area contributed by atoms with E-state index in [1.807, 2.05) is 11.9 Å². The first-order valence-electron chi connectivity index (χ1n) is 6.75. The lowest BCUT2D eigenvalue weighted by molar-refractivity contribution is -0.133. The summed E-state index contributed by atoms with van der Waals surface area (Å²) in [5.74, 6) is 0.208. The maximum Gasteiger partial charge on any atom is 0.236 e. The Morgan fingerprint density at radius 2 is 2.06 bits per heavy atom. The lowest BCUT2D eigenvalue weighted by Gasteiger charge is -2.40. The number of hydrogen-bond donors (Lipinski definition) is 1. The third-order valence-electron chi connectivity index (χ3n) is 4.21. The van der Waals surface area contributed by atoms with Crippen molar-refractivity contribution in [3.63, 3.8) is 0 Å². The van der Waals surface area contributed by atoms with E-state index >= 15 is 0 Å². The molecule has 1 amide bonds. The van der Waals surface area contributed by atoms with Crippen LogP contribution in [0.3, 0.4) is 0 Å². The SMILES string of the molecule is CC1CCCC(CO)N1CC(=O)N(C)C1CC1. The zero-order chi connectivity index (χ0) is 12.4. The molecule has 0 radical (unpaired) electrons. The highest BCUT2D eigenvalue weighted by Gasteiger charge is 2.33. The minimum Gasteiger partial charge on any atom is -0.395 e. The Kier molecular flexibility index (Phi) is 4.05. The third-order valence-corrected chi connectivity index (χ3v) is 4.21. The van der Waals surface area contributed by atoms with Crippen LogP contribution in [0.15, 0.2) is 0 Å². The fourth-order valence-electron chi connectivity index (χ4n) is 2.75. The van der Waals surface area contributed by atoms with E-state index in [0.29, 0.717) is 18.6 Å². The Bertz CT molecular complexity index is 279. The van der Waals surface area contributed by atoms with Crippen LogP contribution < -0.4 is 0 Å². The molecule has 2 rings (SSSR count). The Morgan fingerprint density at radius 3 is 2.65 bits per heavy atom. The average Bonchev–Trinajstić information content (AvgIpc) is 3.14. The summed E-state index contributed by atoms with van der Waals surface area (Å²) in [7, 11) is 1.91. The van der Waals surface area contributed by atoms with Crippen LogP contribution in [0.4, 0.5) is 0 Å². The Hall–Kier alpha value is -0.610. The van der Waals surface area contributed by atoms with Crippen LogP contribution in [-0.4, -0.2) is 59.1 Å². The van der Waals surface area contributed by atoms with Crippen molar-refractivity contribution in [1.29, 1.82) is 0 Å². The normalized spacial score (nSPS) is 30.3. The standard InChI is InChI=1S/C13H24N2O2/c1-10-4-3-5-12(9-16)15(10)8-13(17)14(2)11-6-7-11/h10-12,16H,3-9H2,1-2H3. The van der Waals surface area contributed by atoms with Crippen molar-refractivity contribution < 1.29 is 9.90 Å². The zero-order valence-electron chi connectivity index (χ0n) is 10.9. The molecule has 2 aliphatic rings. The number of rotatable bonds is 4. The number of piperidine rings is 1. The summed E-state index contributed by atoms with van der Waals surface area (Å²) in [4.78, 5) is 16.2. The van der Waals surface area contributed by atoms with Gasteiger partial charge < -0.3 is 10.0 Å². The molecule has 4 nitrogen and oxygen atoms in total. The van der Waals surface area contributed by atoms with Gasteiger partial charge in [-0.25, -0.2) is 0 Å². The van der Waals surface area contributed by atoms with Crippen molar-refractivity contribution in [2.45, 2.75) is 57.2 Å². The molecule has 1 saturated carbocycles. The monoisotopic (exact) mass is 240 g/mol. The maximum absolute atomic E-state index is 12.1. The molecule has 2 atom stereocenters. The van der Waals surface area contributed by atoms with Gasteiger partial charge in [-0.1, -0.05) is 6.42 Å². The molecule has 1 aliphatic carbocycles. The van der Waals surface area contributed by atoms with Crippen LogP contribution in [-0.2, 0) is 4.79 Å². The van der Waals surface area contributed by atoms with Crippen molar-refractivity contribution in [3.05, 3.63) is 0 Å². The minimum atomic E-state index is 0.171. The molecule has 0 bridgehead atoms. The number of likely N-dealkylation sites (tertiary alicyclic amines) is 1. The van der Waals surface area contributed by atoms with Gasteiger partial charge in [0.05, 0.1) is 13.2 Å². The fraction of sp³-hybridized carbons (Fsp3) is 0.923. The maximum atomic E-state index is 12.1. The van der Waals surface area contributed by atoms with E-state index in [9.17, 15) is 9.90 Å². The molecule has 17 heavy (non-hydrogen) atoms. The highest BCUT2D eigenvalue weighted by molar-refractivity contribution is 5.78. The molecule has 1 aliphatic heterocycles. The summed E-state index contributed by atoms with van der Waals surface area (Å²) in [6.45, 7) is 2.80. The van der Waals surface area contributed by atoms with Gasteiger partial charge in [0.25, 0.3) is 0 Å². The fourth-order valence-corrected chi connectivity index (χ4v) is 2.75. The first kappa shape index (κ1) is 12.8. The first-order chi connectivity index (χ1) is 8.13. The van der Waals surface area contributed by atoms with Gasteiger partial charge in [-0.2, -0.15) is 0 Å². The third kappa shape index (κ3) is 2.99. The Balaban J connectivity index is 1.91. The summed E-state index contributed by atoms with van der Waals surface area (Å²) < 4.78 is 0. The van der Waals surface area contributed by atoms with E-state index in [4.69, 9.17) is 0 Å². The predicted molar refractivity (Wildman–Crippen MR) is 66.7 cm³/mol. The second-order valence-corrected chi connectivity index (χ2v) is 5.52. The van der Waals surface area contributed by atoms with E-state index < -0.39 is 0 Å². The van der Waals surface area contributed by atoms with E-state index in [1.54, 1.807) is 0 Å². The summed E-state index contributed by atoms with van der Waals surface area (Å²) in [5, 5.41) is 9.39. The predicted octanol–water partition coefficient (Wildman–Crippen LogP) is 0.842. The van der Waals surface area contributed by atoms with E-state index in [1.165, 1.54) is 0 Å². The highest BCUT2D eigenvalue weighted by atomic mass is 16.3. The van der Waals surface area contributed by atoms with Gasteiger partial charge in [-0.05, 0) is 32.6 Å². The highest BCUT2D eigenvalue weighted by Crippen LogP contribution is 2.27. The summed E-state index contributed by atoms with van der Waals surface area (Å²) in [6, 6.07) is 1.07. The second-order valence-electron chi connectivity index (χ2n) is 5.52. The van der Waals surface area contributed by atoms with Crippen molar-refractivity contribution in [3.8, 4) is 0 Å². The number of carbonyl (C=O) groups excluding carboxylic acids is 1. The Labute approximate surface area is 104 Å². The number of amides is 1. The number of aliphatic hydroxyl groups excluding tert-OH is 1. The van der Waals surface area contributed by atoms with Crippen molar-refractivity contribution >= 4 is 5.91 Å². The van der Waals surface area contributed by atoms with Gasteiger partial charge in [-0.3, -0.25) is 9.69 Å². The molecule has 98 valence electrons. The quantitative estimate of drug-likeness (QED) is 0.792. The molecule has 0 spiro atoms. The number of nitrogens with zero attached hydrogens (tertiary/aromatic N) is 2. The van der Waals surface area contributed by atoms with Crippen LogP contribution in [0.2, 0.25) is 0 Å². The molecular formula is C13H24N2O2. The van der Waals surface area contributed by atoms with Gasteiger partial charge in [0.2, 0.25) is 5.91 Å². The summed E-state index contributed by atoms with van der Waals surface area (Å²) in [5.41, 5.74) is 0. The molecule has 4 heteroatoms. The molecule has 1 N–H and O–H groups in total. The molecular weight excluding hydrogens is 216 g/mol. The van der Waals surface area contributed by atoms with Crippen LogP contribution >= 0.6 is 0 Å². The van der Waals surface area contributed by atoms with Crippen LogP contribution in [0, 0.1) is 0 Å². The molecule has 1 heterocycles. The summed E-state index contributed by atoms with van der Waals surface area (Å²) >= 11 is 0. The largest absolute Gasteiger partial charge is 0.395 e. The number of carbonyl (C=O) groups is 1. The van der Waals surface area contributed by atoms with Gasteiger partial charge in [0, 0.05) is 25.2 Å². The van der Waals surface area contributed by atoms with Gasteiger partial charge >= 0.3 is 0 Å². The molecule has 0 aromatic heterocycles. The topological polar surface area (TPSA) is 43.8 Å². The lowest BCUT2D eigenvalue weighted by Crippen LogP contribution is -2.51. The lowest BCUT2D eigenvalue weighted by atomic mass is 9.97. The summed E-state index contributed by atoms with van der Waals surface area (Å²) in [6.07, 6.45) is 5.62. The van der Waals surface area contributed by atoms with Crippen LogP contribution in [0.25, 0.3) is 0 Å². The van der Waals surface area contributed by atoms with Crippen molar-refractivity contribution in [1.82, 2.24) is 9.80 Å². The van der Waals surface area contributed by atoms with E-state index in [2.05, 4.69) is 11.8 Å². The number of likely N-dealkylation sites (N-methyl/N-ethyl adjacent to an activating group) is 1. The number of hydrogen-bond acceptors (Lipinski definition) is 3. The zero-order valence-corrected chi connectivity index (χ0v) is 10.9. The minimum absolute atomic E-state index is 0.171. The Morgan fingerprint density at radius 1 is 1.35 bits per heavy atom. The first-order valence-corrected chi connectivity index (χ1v) is 6.75. The average molecular weight is 240 g/mol. The van der Waals surface area contributed by atoms with Crippen molar-refractivity contribution in [2.24, 2.45) is 0 Å². The molecule has 0 aromatic carbocycles. The van der Waals surface area contributed by atoms with Crippen molar-refractivity contribution in [2.75, 3.05) is 20.2 Å². The van der Waals surface area contributed by atoms with E-state index in [-0.39, 0.29) is 18.6 Å². The van der Waals surface area contributed by atoms with Crippen LogP contribution in [0.5, 0.6) is 0 Å². The molecule has 1 saturated heterocycles. The molecule has 0 aromatic rings. The van der Waals surface area contributed by atoms with Gasteiger partial charge in [0.15, 0.2) is 0 Å². The molecule has 2 fully saturated rings. The number of aliphatic hydroxyl groups is 1. The smallest absolute Gasteiger partial charge is 0.236 e. The second kappa shape index (κ2) is 5.36. The van der Waals surface area contributed by atoms with Gasteiger partial charge in [-0.15, -0.1) is 0 Å². The van der Waals surface area contributed by atoms with Gasteiger partial charge in [0.1, 0.15) is 0 Å².